The number of fused-ring (bicyclic) bond motifs is 1. The van der Waals surface area contributed by atoms with E-state index in [0.717, 1.165) is 37.1 Å². The lowest BCUT2D eigenvalue weighted by atomic mass is 10.1. The number of nitrogens with zero attached hydrogens (tertiary/aromatic N) is 3. The highest BCUT2D eigenvalue weighted by Crippen LogP contribution is 2.24. The first-order valence-corrected chi connectivity index (χ1v) is 8.96. The molecule has 4 nitrogen and oxygen atoms in total. The molecule has 0 amide bonds. The van der Waals surface area contributed by atoms with Crippen LogP contribution in [0.4, 0.5) is 0 Å². The lowest BCUT2D eigenvalue weighted by Gasteiger charge is -2.25. The minimum atomic E-state index is 0.0313. The summed E-state index contributed by atoms with van der Waals surface area (Å²) in [5.41, 5.74) is 3.30. The van der Waals surface area contributed by atoms with E-state index in [0.29, 0.717) is 11.9 Å². The number of hydrogen-bond donors (Lipinski definition) is 0. The maximum Gasteiger partial charge on any atom is 0.195 e. The molecule has 0 radical (unpaired) electrons. The summed E-state index contributed by atoms with van der Waals surface area (Å²) in [5.74, 6) is 0.608. The number of likely N-dealkylation sites (tertiary alicyclic amines) is 1. The fourth-order valence-electron chi connectivity index (χ4n) is 3.87. The van der Waals surface area contributed by atoms with Crippen molar-refractivity contribution in [2.45, 2.75) is 38.9 Å². The van der Waals surface area contributed by atoms with Gasteiger partial charge in [-0.05, 0) is 37.1 Å². The van der Waals surface area contributed by atoms with Gasteiger partial charge in [0.1, 0.15) is 0 Å². The van der Waals surface area contributed by atoms with Gasteiger partial charge in [0.2, 0.25) is 0 Å². The molecule has 25 heavy (non-hydrogen) atoms. The van der Waals surface area contributed by atoms with E-state index in [-0.39, 0.29) is 5.78 Å². The zero-order valence-electron chi connectivity index (χ0n) is 14.6. The topological polar surface area (TPSA) is 38.1 Å². The van der Waals surface area contributed by atoms with Crippen LogP contribution in [0.15, 0.2) is 54.6 Å². The number of imidazole rings is 1. The molecule has 0 aliphatic carbocycles. The Bertz CT molecular complexity index is 885. The van der Waals surface area contributed by atoms with Gasteiger partial charge in [-0.1, -0.05) is 42.5 Å². The van der Waals surface area contributed by atoms with Gasteiger partial charge in [0.05, 0.1) is 11.0 Å². The van der Waals surface area contributed by atoms with Crippen LogP contribution in [0.25, 0.3) is 11.0 Å². The van der Waals surface area contributed by atoms with E-state index in [1.54, 1.807) is 6.92 Å². The van der Waals surface area contributed by atoms with Crippen LogP contribution in [-0.4, -0.2) is 32.8 Å². The van der Waals surface area contributed by atoms with Crippen LogP contribution in [0, 0.1) is 0 Å². The van der Waals surface area contributed by atoms with E-state index in [2.05, 4.69) is 50.8 Å². The Hall–Kier alpha value is -2.46. The summed E-state index contributed by atoms with van der Waals surface area (Å²) in [4.78, 5) is 19.2. The molecule has 1 aromatic heterocycles. The average Bonchev–Trinajstić information content (AvgIpc) is 3.21. The van der Waals surface area contributed by atoms with Crippen LogP contribution in [0.2, 0.25) is 0 Å². The van der Waals surface area contributed by atoms with Gasteiger partial charge in [0, 0.05) is 26.1 Å². The molecule has 0 N–H and O–H groups in total. The second kappa shape index (κ2) is 6.81. The minimum absolute atomic E-state index is 0.0313. The van der Waals surface area contributed by atoms with Gasteiger partial charge in [-0.3, -0.25) is 9.69 Å². The SMILES string of the molecule is CC(=O)c1nc2ccccc2n1C[C@H]1CCCN1Cc1ccccc1. The molecule has 4 heteroatoms. The number of benzene rings is 2. The van der Waals surface area contributed by atoms with Gasteiger partial charge in [-0.15, -0.1) is 0 Å². The Morgan fingerprint density at radius 2 is 1.88 bits per heavy atom. The highest BCUT2D eigenvalue weighted by molar-refractivity contribution is 5.94. The number of Topliss-reactive ketones (excluding diaryl/α,β-unsaturated/α-hetero) is 1. The van der Waals surface area contributed by atoms with Crippen molar-refractivity contribution < 1.29 is 4.79 Å². The van der Waals surface area contributed by atoms with Crippen molar-refractivity contribution in [3.63, 3.8) is 0 Å². The molecule has 0 bridgehead atoms. The number of hydrogen-bond acceptors (Lipinski definition) is 3. The monoisotopic (exact) mass is 333 g/mol. The van der Waals surface area contributed by atoms with Gasteiger partial charge < -0.3 is 4.57 Å². The standard InChI is InChI=1S/C21H23N3O/c1-16(25)21-22-19-11-5-6-12-20(19)24(21)15-18-10-7-13-23(18)14-17-8-3-2-4-9-17/h2-6,8-9,11-12,18H,7,10,13-15H2,1H3/t18-/m1/s1. The van der Waals surface area contributed by atoms with Gasteiger partial charge in [0.25, 0.3) is 0 Å². The molecule has 2 heterocycles. The van der Waals surface area contributed by atoms with Crippen molar-refractivity contribution in [3.05, 3.63) is 66.0 Å². The third-order valence-corrected chi connectivity index (χ3v) is 5.09. The molecule has 0 unspecified atom stereocenters. The van der Waals surface area contributed by atoms with Gasteiger partial charge in [0.15, 0.2) is 11.6 Å². The molecule has 0 spiro atoms. The van der Waals surface area contributed by atoms with E-state index in [9.17, 15) is 4.79 Å². The molecular weight excluding hydrogens is 310 g/mol. The number of aromatic nitrogens is 2. The molecule has 1 aliphatic heterocycles. The molecule has 4 rings (SSSR count). The van der Waals surface area contributed by atoms with E-state index in [4.69, 9.17) is 0 Å². The number of carbonyl (C=O) groups is 1. The molecule has 1 saturated heterocycles. The summed E-state index contributed by atoms with van der Waals surface area (Å²) < 4.78 is 2.12. The number of carbonyl (C=O) groups excluding carboxylic acids is 1. The number of ketones is 1. The van der Waals surface area contributed by atoms with E-state index < -0.39 is 0 Å². The Morgan fingerprint density at radius 3 is 2.68 bits per heavy atom. The first-order valence-electron chi connectivity index (χ1n) is 8.96. The van der Waals surface area contributed by atoms with Crippen molar-refractivity contribution >= 4 is 16.8 Å². The van der Waals surface area contributed by atoms with Crippen LogP contribution in [0.3, 0.4) is 0 Å². The van der Waals surface area contributed by atoms with Crippen LogP contribution < -0.4 is 0 Å². The zero-order valence-corrected chi connectivity index (χ0v) is 14.6. The second-order valence-electron chi connectivity index (χ2n) is 6.84. The lowest BCUT2D eigenvalue weighted by molar-refractivity contribution is 0.0997. The van der Waals surface area contributed by atoms with E-state index >= 15 is 0 Å². The quantitative estimate of drug-likeness (QED) is 0.665. The maximum atomic E-state index is 12.1. The summed E-state index contributed by atoms with van der Waals surface area (Å²) >= 11 is 0. The highest BCUT2D eigenvalue weighted by atomic mass is 16.1. The van der Waals surface area contributed by atoms with Crippen molar-refractivity contribution in [1.29, 1.82) is 0 Å². The molecule has 1 fully saturated rings. The van der Waals surface area contributed by atoms with Crippen molar-refractivity contribution in [2.75, 3.05) is 6.54 Å². The predicted octanol–water partition coefficient (Wildman–Crippen LogP) is 3.90. The fraction of sp³-hybridized carbons (Fsp3) is 0.333. The molecule has 128 valence electrons. The molecular formula is C21H23N3O. The first kappa shape index (κ1) is 16.0. The Kier molecular flexibility index (Phi) is 4.36. The molecule has 2 aromatic carbocycles. The molecule has 0 saturated carbocycles. The molecule has 3 aromatic rings. The summed E-state index contributed by atoms with van der Waals surface area (Å²) in [6.07, 6.45) is 2.37. The average molecular weight is 333 g/mol. The zero-order chi connectivity index (χ0) is 17.2. The van der Waals surface area contributed by atoms with Crippen LogP contribution in [-0.2, 0) is 13.1 Å². The molecule has 1 atom stereocenters. The third kappa shape index (κ3) is 3.22. The Labute approximate surface area is 148 Å². The Balaban J connectivity index is 1.61. The van der Waals surface area contributed by atoms with Gasteiger partial charge in [-0.2, -0.15) is 0 Å². The van der Waals surface area contributed by atoms with E-state index in [1.807, 2.05) is 18.2 Å². The predicted molar refractivity (Wildman–Crippen MR) is 99.6 cm³/mol. The summed E-state index contributed by atoms with van der Waals surface area (Å²) in [7, 11) is 0. The number of para-hydroxylation sites is 2. The Morgan fingerprint density at radius 1 is 1.12 bits per heavy atom. The van der Waals surface area contributed by atoms with Gasteiger partial charge >= 0.3 is 0 Å². The lowest BCUT2D eigenvalue weighted by Crippen LogP contribution is -2.33. The summed E-state index contributed by atoms with van der Waals surface area (Å²) in [6, 6.07) is 19.1. The summed E-state index contributed by atoms with van der Waals surface area (Å²) in [6.45, 7) is 4.51. The van der Waals surface area contributed by atoms with E-state index in [1.165, 1.54) is 12.0 Å². The number of rotatable bonds is 5. The minimum Gasteiger partial charge on any atom is -0.320 e. The molecule has 1 aliphatic rings. The van der Waals surface area contributed by atoms with Crippen LogP contribution in [0.1, 0.15) is 35.9 Å². The maximum absolute atomic E-state index is 12.1. The van der Waals surface area contributed by atoms with Crippen LogP contribution >= 0.6 is 0 Å². The third-order valence-electron chi connectivity index (χ3n) is 5.09. The summed E-state index contributed by atoms with van der Waals surface area (Å²) in [5, 5.41) is 0. The second-order valence-corrected chi connectivity index (χ2v) is 6.84. The highest BCUT2D eigenvalue weighted by Gasteiger charge is 2.27. The van der Waals surface area contributed by atoms with Gasteiger partial charge in [-0.25, -0.2) is 4.98 Å². The van der Waals surface area contributed by atoms with Crippen molar-refractivity contribution in [3.8, 4) is 0 Å². The normalized spacial score (nSPS) is 18.0. The fourth-order valence-corrected chi connectivity index (χ4v) is 3.87. The van der Waals surface area contributed by atoms with Crippen LogP contribution in [0.5, 0.6) is 0 Å². The largest absolute Gasteiger partial charge is 0.320 e. The smallest absolute Gasteiger partial charge is 0.195 e. The van der Waals surface area contributed by atoms with Crippen molar-refractivity contribution in [1.82, 2.24) is 14.5 Å². The first-order chi connectivity index (χ1) is 12.2. The van der Waals surface area contributed by atoms with Crippen molar-refractivity contribution in [2.24, 2.45) is 0 Å².